The zero-order valence-electron chi connectivity index (χ0n) is 32.1. The summed E-state index contributed by atoms with van der Waals surface area (Å²) >= 11 is 13.1. The molecule has 2 aliphatic heterocycles. The van der Waals surface area contributed by atoms with Crippen molar-refractivity contribution in [3.63, 3.8) is 0 Å². The summed E-state index contributed by atoms with van der Waals surface area (Å²) in [6.07, 6.45) is 4.70. The molecule has 5 aromatic carbocycles. The molecule has 264 valence electrons. The average molecular weight is 724 g/mol. The van der Waals surface area contributed by atoms with Gasteiger partial charge in [0.15, 0.2) is 0 Å². The lowest BCUT2D eigenvalue weighted by Crippen LogP contribution is -2.62. The number of anilines is 6. The molecule has 0 amide bonds. The minimum atomic E-state index is 0.0694. The van der Waals surface area contributed by atoms with Crippen molar-refractivity contribution in [2.24, 2.45) is 0 Å². The summed E-state index contributed by atoms with van der Waals surface area (Å²) < 4.78 is 0. The molecule has 9 rings (SSSR count). The van der Waals surface area contributed by atoms with Gasteiger partial charge in [-0.15, -0.1) is 0 Å². The number of aryl methyl sites for hydroxylation is 1. The Morgan fingerprint density at radius 3 is 1.13 bits per heavy atom. The Kier molecular flexibility index (Phi) is 7.34. The van der Waals surface area contributed by atoms with E-state index in [1.807, 2.05) is 24.3 Å². The van der Waals surface area contributed by atoms with Gasteiger partial charge >= 0.3 is 0 Å². The first-order valence-electron chi connectivity index (χ1n) is 19.1. The maximum Gasteiger partial charge on any atom is 0.252 e. The molecule has 2 aliphatic carbocycles. The van der Waals surface area contributed by atoms with Crippen LogP contribution in [0, 0.1) is 6.92 Å². The fraction of sp³-hybridized carbons (Fsp3) is 0.362. The summed E-state index contributed by atoms with van der Waals surface area (Å²) in [6.45, 7) is 21.9. The van der Waals surface area contributed by atoms with E-state index in [9.17, 15) is 0 Å². The molecule has 0 aromatic heterocycles. The van der Waals surface area contributed by atoms with Crippen molar-refractivity contribution >= 4 is 80.4 Å². The van der Waals surface area contributed by atoms with Gasteiger partial charge in [0.1, 0.15) is 0 Å². The second kappa shape index (κ2) is 11.2. The normalized spacial score (nSPS) is 19.6. The Morgan fingerprint density at radius 1 is 0.462 bits per heavy atom. The maximum absolute atomic E-state index is 6.54. The smallest absolute Gasteiger partial charge is 0.252 e. The predicted octanol–water partition coefficient (Wildman–Crippen LogP) is 12.1. The van der Waals surface area contributed by atoms with E-state index in [1.54, 1.807) is 0 Å². The molecule has 52 heavy (non-hydrogen) atoms. The molecule has 2 heterocycles. The largest absolute Gasteiger partial charge is 0.311 e. The lowest BCUT2D eigenvalue weighted by atomic mass is 9.32. The maximum atomic E-state index is 6.54. The van der Waals surface area contributed by atoms with Crippen LogP contribution in [0.3, 0.4) is 0 Å². The van der Waals surface area contributed by atoms with Crippen molar-refractivity contribution in [3.05, 3.63) is 123 Å². The van der Waals surface area contributed by atoms with Gasteiger partial charge in [-0.05, 0) is 171 Å². The van der Waals surface area contributed by atoms with Crippen molar-refractivity contribution in [3.8, 4) is 0 Å². The first-order chi connectivity index (χ1) is 24.5. The Hall–Kier alpha value is -3.66. The van der Waals surface area contributed by atoms with E-state index in [0.29, 0.717) is 0 Å². The average Bonchev–Trinajstić information content (AvgIpc) is 3.09. The number of nitrogens with zero attached hydrogens (tertiary/aromatic N) is 2. The highest BCUT2D eigenvalue weighted by molar-refractivity contribution is 7.00. The van der Waals surface area contributed by atoms with Crippen LogP contribution in [-0.4, -0.2) is 6.71 Å². The fourth-order valence-electron chi connectivity index (χ4n) is 9.99. The van der Waals surface area contributed by atoms with Gasteiger partial charge in [0, 0.05) is 44.2 Å². The van der Waals surface area contributed by atoms with Gasteiger partial charge in [0.2, 0.25) is 0 Å². The van der Waals surface area contributed by atoms with Crippen LogP contribution >= 0.6 is 23.2 Å². The lowest BCUT2D eigenvalue weighted by molar-refractivity contribution is 0.332. The van der Waals surface area contributed by atoms with E-state index in [4.69, 9.17) is 23.2 Å². The first kappa shape index (κ1) is 34.1. The molecule has 5 aromatic rings. The highest BCUT2D eigenvalue weighted by atomic mass is 35.5. The van der Waals surface area contributed by atoms with Gasteiger partial charge in [-0.2, -0.15) is 0 Å². The number of benzene rings is 5. The summed E-state index contributed by atoms with van der Waals surface area (Å²) in [6, 6.07) is 32.1. The van der Waals surface area contributed by atoms with Crippen LogP contribution < -0.4 is 26.2 Å². The molecule has 0 unspecified atom stereocenters. The third-order valence-electron chi connectivity index (χ3n) is 13.3. The van der Waals surface area contributed by atoms with Crippen molar-refractivity contribution in [1.82, 2.24) is 0 Å². The Balaban J connectivity index is 1.44. The molecule has 4 aliphatic rings. The fourth-order valence-corrected chi connectivity index (χ4v) is 10.2. The Labute approximate surface area is 321 Å². The predicted molar refractivity (Wildman–Crippen MR) is 226 cm³/mol. The van der Waals surface area contributed by atoms with Crippen LogP contribution in [0.1, 0.15) is 109 Å². The number of hydrogen-bond donors (Lipinski definition) is 0. The van der Waals surface area contributed by atoms with Crippen LogP contribution in [0.4, 0.5) is 34.1 Å². The minimum Gasteiger partial charge on any atom is -0.311 e. The van der Waals surface area contributed by atoms with E-state index in [-0.39, 0.29) is 28.4 Å². The Morgan fingerprint density at radius 2 is 0.788 bits per heavy atom. The van der Waals surface area contributed by atoms with Crippen LogP contribution in [0.2, 0.25) is 10.0 Å². The van der Waals surface area contributed by atoms with Gasteiger partial charge in [0.25, 0.3) is 6.71 Å². The van der Waals surface area contributed by atoms with Gasteiger partial charge in [-0.25, -0.2) is 0 Å². The quantitative estimate of drug-likeness (QED) is 0.164. The van der Waals surface area contributed by atoms with Gasteiger partial charge < -0.3 is 9.80 Å². The minimum absolute atomic E-state index is 0.0694. The summed E-state index contributed by atoms with van der Waals surface area (Å²) in [7, 11) is 0. The highest BCUT2D eigenvalue weighted by Crippen LogP contribution is 2.52. The third kappa shape index (κ3) is 4.98. The molecule has 0 saturated carbocycles. The van der Waals surface area contributed by atoms with E-state index in [2.05, 4.69) is 133 Å². The monoisotopic (exact) mass is 722 g/mol. The van der Waals surface area contributed by atoms with Crippen LogP contribution in [0.25, 0.3) is 0 Å². The molecule has 0 radical (unpaired) electrons. The topological polar surface area (TPSA) is 6.48 Å². The van der Waals surface area contributed by atoms with E-state index < -0.39 is 0 Å². The molecule has 0 bridgehead atoms. The second-order valence-electron chi connectivity index (χ2n) is 18.7. The number of rotatable bonds is 2. The first-order valence-corrected chi connectivity index (χ1v) is 19.9. The molecule has 2 nitrogen and oxygen atoms in total. The standard InChI is InChI=1S/C47H49BCl2N2/c1-28-22-41-43-42(23-28)52(32-16-12-30(50)13-17-32)40-27-36-34(45(4,5)19-21-47(36,8)9)25-38(40)48(43)37-24-33-35(46(6,7)20-18-44(33,2)3)26-39(37)51(41)31-14-10-29(49)11-15-31/h10-17,22-27H,18-21H2,1-9H3. The van der Waals surface area contributed by atoms with Crippen LogP contribution in [0.15, 0.2) is 84.9 Å². The van der Waals surface area contributed by atoms with Crippen molar-refractivity contribution in [2.45, 2.75) is 110 Å². The summed E-state index contributed by atoms with van der Waals surface area (Å²) in [5.74, 6) is 0. The zero-order chi connectivity index (χ0) is 36.7. The molecule has 5 heteroatoms. The molecular formula is C47H49BCl2N2. The van der Waals surface area contributed by atoms with Gasteiger partial charge in [-0.1, -0.05) is 90.7 Å². The molecule has 0 spiro atoms. The van der Waals surface area contributed by atoms with Crippen molar-refractivity contribution < 1.29 is 0 Å². The zero-order valence-corrected chi connectivity index (χ0v) is 33.7. The van der Waals surface area contributed by atoms with E-state index in [1.165, 1.54) is 92.6 Å². The van der Waals surface area contributed by atoms with E-state index >= 15 is 0 Å². The summed E-state index contributed by atoms with van der Waals surface area (Å²) in [5, 5.41) is 1.49. The molecule has 0 saturated heterocycles. The van der Waals surface area contributed by atoms with Crippen LogP contribution in [-0.2, 0) is 21.7 Å². The number of hydrogen-bond acceptors (Lipinski definition) is 2. The second-order valence-corrected chi connectivity index (χ2v) is 19.6. The van der Waals surface area contributed by atoms with Gasteiger partial charge in [-0.3, -0.25) is 0 Å². The van der Waals surface area contributed by atoms with Crippen molar-refractivity contribution in [2.75, 3.05) is 9.80 Å². The molecular weight excluding hydrogens is 674 g/mol. The number of fused-ring (bicyclic) bond motifs is 6. The summed E-state index contributed by atoms with van der Waals surface area (Å²) in [4.78, 5) is 5.06. The van der Waals surface area contributed by atoms with E-state index in [0.717, 1.165) is 21.4 Å². The van der Waals surface area contributed by atoms with Crippen LogP contribution in [0.5, 0.6) is 0 Å². The third-order valence-corrected chi connectivity index (χ3v) is 13.8. The SMILES string of the molecule is Cc1cc2c3c(c1)N(c1ccc(Cl)cc1)c1cc4c(cc1B3c1cc3c(cc1N2c1ccc(Cl)cc1)C(C)(C)CCC3(C)C)C(C)(C)CCC4(C)C. The molecule has 0 fully saturated rings. The molecule has 0 atom stereocenters. The number of halogens is 2. The highest BCUT2D eigenvalue weighted by Gasteiger charge is 2.48. The molecule has 0 N–H and O–H groups in total. The summed E-state index contributed by atoms with van der Waals surface area (Å²) in [5.41, 5.74) is 18.9. The van der Waals surface area contributed by atoms with Crippen molar-refractivity contribution in [1.29, 1.82) is 0 Å². The Bertz CT molecular complexity index is 2140. The lowest BCUT2D eigenvalue weighted by Gasteiger charge is -2.49. The van der Waals surface area contributed by atoms with Gasteiger partial charge in [0.05, 0.1) is 0 Å².